The van der Waals surface area contributed by atoms with E-state index < -0.39 is 4.92 Å². The quantitative estimate of drug-likeness (QED) is 0.659. The maximum absolute atomic E-state index is 10.8. The molecule has 0 radical (unpaired) electrons. The third kappa shape index (κ3) is 2.63. The fourth-order valence-electron chi connectivity index (χ4n) is 1.93. The van der Waals surface area contributed by atoms with Crippen LogP contribution in [0.1, 0.15) is 18.4 Å². The fourth-order valence-corrected chi connectivity index (χ4v) is 1.93. The van der Waals surface area contributed by atoms with E-state index in [2.05, 4.69) is 10.5 Å². The smallest absolute Gasteiger partial charge is 0.270 e. The molecule has 0 aliphatic heterocycles. The minimum Gasteiger partial charge on any atom is -0.356 e. The van der Waals surface area contributed by atoms with Crippen LogP contribution in [0.25, 0.3) is 11.3 Å². The fraction of sp³-hybridized carbons (Fsp3) is 0.308. The van der Waals surface area contributed by atoms with Gasteiger partial charge in [-0.05, 0) is 12.8 Å². The highest BCUT2D eigenvalue weighted by Gasteiger charge is 2.21. The molecule has 19 heavy (non-hydrogen) atoms. The molecule has 1 N–H and O–H groups in total. The Morgan fingerprint density at radius 1 is 1.47 bits per heavy atom. The van der Waals surface area contributed by atoms with E-state index in [0.29, 0.717) is 23.9 Å². The van der Waals surface area contributed by atoms with E-state index in [0.717, 1.165) is 5.56 Å². The number of non-ortho nitro benzene ring substituents is 1. The molecule has 1 aliphatic rings. The van der Waals surface area contributed by atoms with Gasteiger partial charge >= 0.3 is 0 Å². The Bertz CT molecular complexity index is 605. The lowest BCUT2D eigenvalue weighted by Gasteiger charge is -2.02. The summed E-state index contributed by atoms with van der Waals surface area (Å²) in [6.07, 6.45) is 4.07. The zero-order valence-electron chi connectivity index (χ0n) is 10.2. The highest BCUT2D eigenvalue weighted by atomic mass is 16.6. The molecule has 0 unspecified atom stereocenters. The minimum atomic E-state index is -0.415. The number of rotatable bonds is 5. The van der Waals surface area contributed by atoms with Crippen molar-refractivity contribution in [2.45, 2.75) is 25.4 Å². The van der Waals surface area contributed by atoms with Crippen LogP contribution in [0.3, 0.4) is 0 Å². The van der Waals surface area contributed by atoms with Gasteiger partial charge in [0.25, 0.3) is 5.69 Å². The molecule has 6 nitrogen and oxygen atoms in total. The van der Waals surface area contributed by atoms with Crippen LogP contribution in [-0.4, -0.2) is 16.1 Å². The van der Waals surface area contributed by atoms with Crippen molar-refractivity contribution in [2.75, 3.05) is 0 Å². The van der Waals surface area contributed by atoms with Gasteiger partial charge in [-0.2, -0.15) is 0 Å². The molecule has 1 aliphatic carbocycles. The van der Waals surface area contributed by atoms with E-state index in [1.54, 1.807) is 18.3 Å². The van der Waals surface area contributed by atoms with Crippen molar-refractivity contribution in [3.8, 4) is 11.3 Å². The highest BCUT2D eigenvalue weighted by molar-refractivity contribution is 5.63. The highest BCUT2D eigenvalue weighted by Crippen LogP contribution is 2.27. The predicted molar refractivity (Wildman–Crippen MR) is 68.5 cm³/mol. The van der Waals surface area contributed by atoms with Crippen molar-refractivity contribution in [1.82, 2.24) is 10.5 Å². The molecule has 0 bridgehead atoms. The van der Waals surface area contributed by atoms with E-state index in [1.807, 2.05) is 0 Å². The first-order valence-electron chi connectivity index (χ1n) is 6.16. The summed E-state index contributed by atoms with van der Waals surface area (Å²) in [5, 5.41) is 17.9. The second-order valence-corrected chi connectivity index (χ2v) is 4.64. The van der Waals surface area contributed by atoms with Gasteiger partial charge in [0.2, 0.25) is 0 Å². The summed E-state index contributed by atoms with van der Waals surface area (Å²) in [5.74, 6) is 0.594. The molecule has 1 saturated carbocycles. The van der Waals surface area contributed by atoms with E-state index in [1.165, 1.54) is 25.0 Å². The number of nitro benzene ring substituents is 1. The first-order chi connectivity index (χ1) is 9.24. The lowest BCUT2D eigenvalue weighted by atomic mass is 10.1. The van der Waals surface area contributed by atoms with Gasteiger partial charge in [0, 0.05) is 35.8 Å². The molecular formula is C13H13N3O3. The van der Waals surface area contributed by atoms with Crippen LogP contribution in [0, 0.1) is 10.1 Å². The Kier molecular flexibility index (Phi) is 3.00. The summed E-state index contributed by atoms with van der Waals surface area (Å²) >= 11 is 0. The molecule has 1 aromatic heterocycles. The topological polar surface area (TPSA) is 81.2 Å². The molecule has 2 aromatic rings. The lowest BCUT2D eigenvalue weighted by Crippen LogP contribution is -2.15. The molecule has 3 rings (SSSR count). The largest absolute Gasteiger partial charge is 0.356 e. The van der Waals surface area contributed by atoms with Crippen LogP contribution in [-0.2, 0) is 6.54 Å². The Morgan fingerprint density at radius 2 is 2.32 bits per heavy atom. The number of nitrogens with zero attached hydrogens (tertiary/aromatic N) is 2. The summed E-state index contributed by atoms with van der Waals surface area (Å²) in [4.78, 5) is 10.4. The van der Waals surface area contributed by atoms with Gasteiger partial charge < -0.3 is 9.84 Å². The minimum absolute atomic E-state index is 0.0509. The molecule has 6 heteroatoms. The lowest BCUT2D eigenvalue weighted by molar-refractivity contribution is -0.384. The standard InChI is InChI=1S/C13H13N3O3/c17-16(18)12-3-1-2-9(6-12)13-10(8-15-19-13)7-14-11-4-5-11/h1-3,6,8,11,14H,4-5,7H2. The third-order valence-corrected chi connectivity index (χ3v) is 3.12. The maximum Gasteiger partial charge on any atom is 0.270 e. The maximum atomic E-state index is 10.8. The summed E-state index contributed by atoms with van der Waals surface area (Å²) < 4.78 is 5.23. The van der Waals surface area contributed by atoms with Crippen LogP contribution in [0.15, 0.2) is 35.0 Å². The van der Waals surface area contributed by atoms with Crippen molar-refractivity contribution in [3.05, 3.63) is 46.1 Å². The number of aromatic nitrogens is 1. The van der Waals surface area contributed by atoms with Crippen LogP contribution in [0.4, 0.5) is 5.69 Å². The summed E-state index contributed by atoms with van der Waals surface area (Å²) in [5.41, 5.74) is 1.65. The Hall–Kier alpha value is -2.21. The molecule has 1 fully saturated rings. The van der Waals surface area contributed by atoms with Crippen molar-refractivity contribution < 1.29 is 9.45 Å². The van der Waals surface area contributed by atoms with E-state index in [-0.39, 0.29) is 5.69 Å². The van der Waals surface area contributed by atoms with E-state index >= 15 is 0 Å². The average molecular weight is 259 g/mol. The molecular weight excluding hydrogens is 246 g/mol. The molecule has 0 saturated heterocycles. The number of hydrogen-bond acceptors (Lipinski definition) is 5. The number of nitro groups is 1. The SMILES string of the molecule is O=[N+]([O-])c1cccc(-c2oncc2CNC2CC2)c1. The zero-order chi connectivity index (χ0) is 13.2. The van der Waals surface area contributed by atoms with Gasteiger partial charge in [0.15, 0.2) is 5.76 Å². The van der Waals surface area contributed by atoms with Crippen LogP contribution < -0.4 is 5.32 Å². The van der Waals surface area contributed by atoms with E-state index in [4.69, 9.17) is 4.52 Å². The van der Waals surface area contributed by atoms with Gasteiger partial charge in [-0.15, -0.1) is 0 Å². The monoisotopic (exact) mass is 259 g/mol. The molecule has 1 heterocycles. The molecule has 98 valence electrons. The van der Waals surface area contributed by atoms with Crippen LogP contribution in [0.2, 0.25) is 0 Å². The van der Waals surface area contributed by atoms with Crippen molar-refractivity contribution in [2.24, 2.45) is 0 Å². The molecule has 0 spiro atoms. The first-order valence-corrected chi connectivity index (χ1v) is 6.16. The second kappa shape index (κ2) is 4.81. The van der Waals surface area contributed by atoms with Gasteiger partial charge in [-0.25, -0.2) is 0 Å². The van der Waals surface area contributed by atoms with Crippen molar-refractivity contribution in [1.29, 1.82) is 0 Å². The summed E-state index contributed by atoms with van der Waals surface area (Å²) in [6.45, 7) is 0.673. The van der Waals surface area contributed by atoms with Gasteiger partial charge in [0.1, 0.15) is 0 Å². The first kappa shape index (κ1) is 11.9. The zero-order valence-corrected chi connectivity index (χ0v) is 10.2. The second-order valence-electron chi connectivity index (χ2n) is 4.64. The van der Waals surface area contributed by atoms with Gasteiger partial charge in [0.05, 0.1) is 11.1 Å². The molecule has 0 atom stereocenters. The number of nitrogens with one attached hydrogen (secondary N) is 1. The third-order valence-electron chi connectivity index (χ3n) is 3.12. The Labute approximate surface area is 109 Å². The molecule has 1 aromatic carbocycles. The Morgan fingerprint density at radius 3 is 3.05 bits per heavy atom. The van der Waals surface area contributed by atoms with Gasteiger partial charge in [-0.3, -0.25) is 10.1 Å². The van der Waals surface area contributed by atoms with Crippen LogP contribution in [0.5, 0.6) is 0 Å². The van der Waals surface area contributed by atoms with E-state index in [9.17, 15) is 10.1 Å². The van der Waals surface area contributed by atoms with Gasteiger partial charge in [-0.1, -0.05) is 17.3 Å². The molecule has 0 amide bonds. The number of benzene rings is 1. The normalized spacial score (nSPS) is 14.5. The van der Waals surface area contributed by atoms with Crippen molar-refractivity contribution >= 4 is 5.69 Å². The summed E-state index contributed by atoms with van der Waals surface area (Å²) in [6, 6.07) is 6.98. The predicted octanol–water partition coefficient (Wildman–Crippen LogP) is 2.50. The van der Waals surface area contributed by atoms with Crippen LogP contribution >= 0.6 is 0 Å². The Balaban J connectivity index is 1.86. The van der Waals surface area contributed by atoms with Crippen molar-refractivity contribution in [3.63, 3.8) is 0 Å². The number of hydrogen-bond donors (Lipinski definition) is 1. The average Bonchev–Trinajstić information content (AvgIpc) is 3.13. The summed E-state index contributed by atoms with van der Waals surface area (Å²) in [7, 11) is 0.